The molecule has 1 amide bonds. The highest BCUT2D eigenvalue weighted by molar-refractivity contribution is 6.06. The van der Waals surface area contributed by atoms with E-state index in [0.29, 0.717) is 25.3 Å². The van der Waals surface area contributed by atoms with Crippen molar-refractivity contribution in [2.45, 2.75) is 6.92 Å². The number of para-hydroxylation sites is 1. The molecular formula is C18H21N3O2. The second kappa shape index (κ2) is 7.24. The molecule has 0 radical (unpaired) electrons. The lowest BCUT2D eigenvalue weighted by atomic mass is 10.2. The number of amides is 1. The third kappa shape index (κ3) is 3.51. The van der Waals surface area contributed by atoms with Crippen LogP contribution in [0.4, 0.5) is 11.4 Å². The second-order valence-electron chi connectivity index (χ2n) is 5.42. The first kappa shape index (κ1) is 15.5. The minimum Gasteiger partial charge on any atom is -0.378 e. The highest BCUT2D eigenvalue weighted by Gasteiger charge is 2.18. The molecule has 1 aliphatic heterocycles. The standard InChI is InChI=1S/C18H21N3O2/c1-2-21(16-6-4-3-5-7-16)18(22)15-12-17(14-19-13-15)20-8-10-23-11-9-20/h3-7,12-14H,2,8-11H2,1H3. The highest BCUT2D eigenvalue weighted by Crippen LogP contribution is 2.20. The Kier molecular flexibility index (Phi) is 4.88. The smallest absolute Gasteiger partial charge is 0.259 e. The fourth-order valence-electron chi connectivity index (χ4n) is 2.75. The van der Waals surface area contributed by atoms with Gasteiger partial charge in [-0.2, -0.15) is 0 Å². The SMILES string of the molecule is CCN(C(=O)c1cncc(N2CCOCC2)c1)c1ccccc1. The molecule has 1 aromatic carbocycles. The van der Waals surface area contributed by atoms with Gasteiger partial charge in [-0.05, 0) is 25.1 Å². The van der Waals surface area contributed by atoms with E-state index in [1.165, 1.54) is 0 Å². The average molecular weight is 311 g/mol. The van der Waals surface area contributed by atoms with Gasteiger partial charge in [-0.25, -0.2) is 0 Å². The fraction of sp³-hybridized carbons (Fsp3) is 0.333. The molecule has 1 fully saturated rings. The molecule has 0 aliphatic carbocycles. The van der Waals surface area contributed by atoms with Gasteiger partial charge in [0.25, 0.3) is 5.91 Å². The van der Waals surface area contributed by atoms with Gasteiger partial charge in [-0.1, -0.05) is 18.2 Å². The van der Waals surface area contributed by atoms with Crippen molar-refractivity contribution in [1.29, 1.82) is 0 Å². The lowest BCUT2D eigenvalue weighted by Crippen LogP contribution is -2.36. The van der Waals surface area contributed by atoms with Crippen molar-refractivity contribution in [3.05, 3.63) is 54.4 Å². The minimum atomic E-state index is -0.0266. The Morgan fingerprint density at radius 2 is 1.96 bits per heavy atom. The Balaban J connectivity index is 1.84. The summed E-state index contributed by atoms with van der Waals surface area (Å²) >= 11 is 0. The summed E-state index contributed by atoms with van der Waals surface area (Å²) < 4.78 is 5.38. The predicted molar refractivity (Wildman–Crippen MR) is 91.1 cm³/mol. The number of nitrogens with zero attached hydrogens (tertiary/aromatic N) is 3. The van der Waals surface area contributed by atoms with Crippen LogP contribution in [0, 0.1) is 0 Å². The Bertz CT molecular complexity index is 654. The molecule has 0 saturated carbocycles. The van der Waals surface area contributed by atoms with Crippen LogP contribution < -0.4 is 9.80 Å². The molecule has 5 heteroatoms. The molecule has 1 saturated heterocycles. The number of hydrogen-bond donors (Lipinski definition) is 0. The minimum absolute atomic E-state index is 0.0266. The molecule has 3 rings (SSSR count). The summed E-state index contributed by atoms with van der Waals surface area (Å²) in [6, 6.07) is 11.6. The molecule has 2 aromatic rings. The lowest BCUT2D eigenvalue weighted by Gasteiger charge is -2.29. The van der Waals surface area contributed by atoms with Crippen molar-refractivity contribution in [2.75, 3.05) is 42.6 Å². The van der Waals surface area contributed by atoms with Crippen molar-refractivity contribution in [2.24, 2.45) is 0 Å². The number of morpholine rings is 1. The van der Waals surface area contributed by atoms with Gasteiger partial charge < -0.3 is 14.5 Å². The van der Waals surface area contributed by atoms with Gasteiger partial charge in [0, 0.05) is 31.5 Å². The Hall–Kier alpha value is -2.40. The van der Waals surface area contributed by atoms with E-state index in [4.69, 9.17) is 4.74 Å². The summed E-state index contributed by atoms with van der Waals surface area (Å²) in [7, 11) is 0. The van der Waals surface area contributed by atoms with Crippen LogP contribution in [0.3, 0.4) is 0 Å². The molecule has 0 bridgehead atoms. The number of hydrogen-bond acceptors (Lipinski definition) is 4. The normalized spacial score (nSPS) is 14.6. The molecule has 2 heterocycles. The topological polar surface area (TPSA) is 45.7 Å². The number of carbonyl (C=O) groups excluding carboxylic acids is 1. The van der Waals surface area contributed by atoms with E-state index < -0.39 is 0 Å². The molecule has 0 atom stereocenters. The molecule has 0 spiro atoms. The van der Waals surface area contributed by atoms with Gasteiger partial charge in [0.2, 0.25) is 0 Å². The second-order valence-corrected chi connectivity index (χ2v) is 5.42. The zero-order valence-corrected chi connectivity index (χ0v) is 13.3. The van der Waals surface area contributed by atoms with Gasteiger partial charge in [-0.3, -0.25) is 9.78 Å². The fourth-order valence-corrected chi connectivity index (χ4v) is 2.75. The van der Waals surface area contributed by atoms with E-state index in [9.17, 15) is 4.79 Å². The Morgan fingerprint density at radius 3 is 2.65 bits per heavy atom. The first-order chi connectivity index (χ1) is 11.3. The molecule has 1 aromatic heterocycles. The van der Waals surface area contributed by atoms with Crippen molar-refractivity contribution in [1.82, 2.24) is 4.98 Å². The predicted octanol–water partition coefficient (Wildman–Crippen LogP) is 2.58. The van der Waals surface area contributed by atoms with Gasteiger partial charge >= 0.3 is 0 Å². The number of pyridine rings is 1. The van der Waals surface area contributed by atoms with Crippen LogP contribution >= 0.6 is 0 Å². The summed E-state index contributed by atoms with van der Waals surface area (Å²) in [5.74, 6) is -0.0266. The van der Waals surface area contributed by atoms with Crippen molar-refractivity contribution in [3.8, 4) is 0 Å². The Labute approximate surface area is 136 Å². The third-order valence-electron chi connectivity index (χ3n) is 3.98. The van der Waals surface area contributed by atoms with Crippen LogP contribution in [-0.2, 0) is 4.74 Å². The number of carbonyl (C=O) groups is 1. The molecule has 0 N–H and O–H groups in total. The van der Waals surface area contributed by atoms with Gasteiger partial charge in [0.05, 0.1) is 30.7 Å². The van der Waals surface area contributed by atoms with Crippen LogP contribution in [0.2, 0.25) is 0 Å². The first-order valence-electron chi connectivity index (χ1n) is 7.94. The van der Waals surface area contributed by atoms with Crippen molar-refractivity contribution in [3.63, 3.8) is 0 Å². The number of rotatable bonds is 4. The van der Waals surface area contributed by atoms with Crippen molar-refractivity contribution < 1.29 is 9.53 Å². The number of ether oxygens (including phenoxy) is 1. The number of benzene rings is 1. The largest absolute Gasteiger partial charge is 0.378 e. The Morgan fingerprint density at radius 1 is 1.22 bits per heavy atom. The summed E-state index contributed by atoms with van der Waals surface area (Å²) in [5.41, 5.74) is 2.49. The van der Waals surface area contributed by atoms with Crippen molar-refractivity contribution >= 4 is 17.3 Å². The van der Waals surface area contributed by atoms with Crippen LogP contribution in [0.5, 0.6) is 0 Å². The van der Waals surface area contributed by atoms with Gasteiger partial charge in [0.1, 0.15) is 0 Å². The monoisotopic (exact) mass is 311 g/mol. The maximum absolute atomic E-state index is 12.9. The van der Waals surface area contributed by atoms with Crippen LogP contribution in [-0.4, -0.2) is 43.7 Å². The summed E-state index contributed by atoms with van der Waals surface area (Å²) in [5, 5.41) is 0. The van der Waals surface area contributed by atoms with Crippen LogP contribution in [0.15, 0.2) is 48.8 Å². The summed E-state index contributed by atoms with van der Waals surface area (Å²) in [6.07, 6.45) is 3.44. The number of anilines is 2. The third-order valence-corrected chi connectivity index (χ3v) is 3.98. The lowest BCUT2D eigenvalue weighted by molar-refractivity contribution is 0.0988. The van der Waals surface area contributed by atoms with E-state index in [0.717, 1.165) is 24.5 Å². The molecule has 23 heavy (non-hydrogen) atoms. The molecule has 1 aliphatic rings. The maximum Gasteiger partial charge on any atom is 0.259 e. The van der Waals surface area contributed by atoms with E-state index in [1.807, 2.05) is 43.3 Å². The first-order valence-corrected chi connectivity index (χ1v) is 7.94. The maximum atomic E-state index is 12.9. The molecular weight excluding hydrogens is 290 g/mol. The molecule has 5 nitrogen and oxygen atoms in total. The average Bonchev–Trinajstić information content (AvgIpc) is 2.64. The van der Waals surface area contributed by atoms with Gasteiger partial charge in [0.15, 0.2) is 0 Å². The zero-order valence-electron chi connectivity index (χ0n) is 13.3. The summed E-state index contributed by atoms with van der Waals surface area (Å²) in [4.78, 5) is 21.1. The van der Waals surface area contributed by atoms with E-state index in [2.05, 4.69) is 9.88 Å². The van der Waals surface area contributed by atoms with E-state index in [1.54, 1.807) is 17.3 Å². The van der Waals surface area contributed by atoms with Crippen LogP contribution in [0.1, 0.15) is 17.3 Å². The van der Waals surface area contributed by atoms with Crippen LogP contribution in [0.25, 0.3) is 0 Å². The molecule has 0 unspecified atom stereocenters. The highest BCUT2D eigenvalue weighted by atomic mass is 16.5. The molecule has 120 valence electrons. The zero-order chi connectivity index (χ0) is 16.1. The quantitative estimate of drug-likeness (QED) is 0.870. The van der Waals surface area contributed by atoms with E-state index >= 15 is 0 Å². The van der Waals surface area contributed by atoms with Gasteiger partial charge in [-0.15, -0.1) is 0 Å². The number of aromatic nitrogens is 1. The summed E-state index contributed by atoms with van der Waals surface area (Å²) in [6.45, 7) is 5.67. The van der Waals surface area contributed by atoms with E-state index in [-0.39, 0.29) is 5.91 Å².